The van der Waals surface area contributed by atoms with Gasteiger partial charge in [-0.2, -0.15) is 0 Å². The minimum absolute atomic E-state index is 0.196. The highest BCUT2D eigenvalue weighted by Gasteiger charge is 2.24. The number of hydrogen-bond donors (Lipinski definition) is 1. The van der Waals surface area contributed by atoms with Gasteiger partial charge in [0.1, 0.15) is 12.4 Å². The molecule has 5 nitrogen and oxygen atoms in total. The summed E-state index contributed by atoms with van der Waals surface area (Å²) in [5.41, 5.74) is 10.3. The van der Waals surface area contributed by atoms with Crippen molar-refractivity contribution in [2.45, 2.75) is 64.9 Å². The van der Waals surface area contributed by atoms with E-state index in [2.05, 4.69) is 6.92 Å². The molecule has 1 aliphatic rings. The molecule has 0 bridgehead atoms. The van der Waals surface area contributed by atoms with Gasteiger partial charge in [-0.05, 0) is 69.1 Å². The SMILES string of the molecule is CCc1c(C)nc2cccc(OC3CCC(CCC(=O)COC)CC3)c2c1N. The van der Waals surface area contributed by atoms with Crippen LogP contribution in [0.2, 0.25) is 0 Å². The zero-order chi connectivity index (χ0) is 20.1. The number of carbonyl (C=O) groups is 1. The number of benzene rings is 1. The number of nitrogens with two attached hydrogens (primary N) is 1. The third-order valence-electron chi connectivity index (χ3n) is 5.90. The Morgan fingerprint density at radius 3 is 2.68 bits per heavy atom. The normalized spacial score (nSPS) is 19.7. The molecule has 1 fully saturated rings. The van der Waals surface area contributed by atoms with Crippen molar-refractivity contribution in [2.75, 3.05) is 19.5 Å². The van der Waals surface area contributed by atoms with Crippen molar-refractivity contribution in [3.05, 3.63) is 29.5 Å². The Kier molecular flexibility index (Phi) is 6.89. The lowest BCUT2D eigenvalue weighted by atomic mass is 9.84. The molecule has 0 spiro atoms. The average Bonchev–Trinajstić information content (AvgIpc) is 2.68. The van der Waals surface area contributed by atoms with Crippen LogP contribution in [0.4, 0.5) is 5.69 Å². The Hall–Kier alpha value is -2.14. The molecule has 5 heteroatoms. The fraction of sp³-hybridized carbons (Fsp3) is 0.565. The van der Waals surface area contributed by atoms with Crippen molar-refractivity contribution >= 4 is 22.4 Å². The van der Waals surface area contributed by atoms with Gasteiger partial charge < -0.3 is 15.2 Å². The molecule has 0 aliphatic heterocycles. The maximum absolute atomic E-state index is 11.7. The van der Waals surface area contributed by atoms with E-state index in [1.807, 2.05) is 25.1 Å². The molecule has 0 radical (unpaired) electrons. The van der Waals surface area contributed by atoms with Crippen LogP contribution in [0.15, 0.2) is 18.2 Å². The first-order valence-electron chi connectivity index (χ1n) is 10.4. The first kappa shape index (κ1) is 20.6. The highest BCUT2D eigenvalue weighted by atomic mass is 16.5. The second-order valence-electron chi connectivity index (χ2n) is 7.86. The third kappa shape index (κ3) is 4.64. The minimum Gasteiger partial charge on any atom is -0.490 e. The van der Waals surface area contributed by atoms with Crippen LogP contribution in [-0.4, -0.2) is 30.6 Å². The van der Waals surface area contributed by atoms with E-state index in [1.165, 1.54) is 0 Å². The monoisotopic (exact) mass is 384 g/mol. The molecule has 1 saturated carbocycles. The number of pyridine rings is 1. The highest BCUT2D eigenvalue weighted by Crippen LogP contribution is 2.36. The van der Waals surface area contributed by atoms with E-state index in [-0.39, 0.29) is 18.5 Å². The number of Topliss-reactive ketones (excluding diaryl/α,β-unsaturated/α-hetero) is 1. The van der Waals surface area contributed by atoms with E-state index in [1.54, 1.807) is 7.11 Å². The number of nitrogens with zero attached hydrogens (tertiary/aromatic N) is 1. The molecule has 28 heavy (non-hydrogen) atoms. The molecule has 152 valence electrons. The number of aromatic nitrogens is 1. The minimum atomic E-state index is 0.196. The summed E-state index contributed by atoms with van der Waals surface area (Å²) in [5, 5.41) is 0.942. The number of ether oxygens (including phenoxy) is 2. The molecule has 2 aromatic rings. The van der Waals surface area contributed by atoms with E-state index < -0.39 is 0 Å². The van der Waals surface area contributed by atoms with Crippen molar-refractivity contribution in [1.29, 1.82) is 0 Å². The Morgan fingerprint density at radius 1 is 1.25 bits per heavy atom. The van der Waals surface area contributed by atoms with Gasteiger partial charge >= 0.3 is 0 Å². The van der Waals surface area contributed by atoms with Gasteiger partial charge in [0.25, 0.3) is 0 Å². The van der Waals surface area contributed by atoms with Crippen LogP contribution in [0, 0.1) is 12.8 Å². The number of ketones is 1. The maximum Gasteiger partial charge on any atom is 0.158 e. The van der Waals surface area contributed by atoms with Gasteiger partial charge in [-0.15, -0.1) is 0 Å². The summed E-state index contributed by atoms with van der Waals surface area (Å²) < 4.78 is 11.3. The number of methoxy groups -OCH3 is 1. The molecule has 1 aromatic carbocycles. The molecular formula is C23H32N2O3. The van der Waals surface area contributed by atoms with Crippen LogP contribution in [0.25, 0.3) is 10.9 Å². The van der Waals surface area contributed by atoms with E-state index in [0.717, 1.165) is 72.1 Å². The fourth-order valence-corrected chi connectivity index (χ4v) is 4.34. The average molecular weight is 385 g/mol. The zero-order valence-electron chi connectivity index (χ0n) is 17.3. The molecular weight excluding hydrogens is 352 g/mol. The quantitative estimate of drug-likeness (QED) is 0.719. The summed E-state index contributed by atoms with van der Waals surface area (Å²) in [4.78, 5) is 16.4. The summed E-state index contributed by atoms with van der Waals surface area (Å²) in [5.74, 6) is 1.65. The van der Waals surface area contributed by atoms with Crippen LogP contribution in [0.5, 0.6) is 5.75 Å². The highest BCUT2D eigenvalue weighted by molar-refractivity contribution is 5.97. The summed E-state index contributed by atoms with van der Waals surface area (Å²) in [6, 6.07) is 5.99. The number of fused-ring (bicyclic) bond motifs is 1. The molecule has 0 unspecified atom stereocenters. The van der Waals surface area contributed by atoms with Gasteiger partial charge in [0.15, 0.2) is 5.78 Å². The third-order valence-corrected chi connectivity index (χ3v) is 5.90. The molecule has 0 saturated heterocycles. The summed E-state index contributed by atoms with van der Waals surface area (Å²) in [6.45, 7) is 4.35. The lowest BCUT2D eigenvalue weighted by Crippen LogP contribution is -2.25. The van der Waals surface area contributed by atoms with Gasteiger partial charge in [0.05, 0.1) is 17.0 Å². The molecule has 1 aliphatic carbocycles. The second kappa shape index (κ2) is 9.37. The van der Waals surface area contributed by atoms with E-state index in [4.69, 9.17) is 20.2 Å². The Balaban J connectivity index is 1.65. The molecule has 0 amide bonds. The predicted molar refractivity (Wildman–Crippen MR) is 113 cm³/mol. The largest absolute Gasteiger partial charge is 0.490 e. The molecule has 1 heterocycles. The van der Waals surface area contributed by atoms with Crippen molar-refractivity contribution in [3.63, 3.8) is 0 Å². The Bertz CT molecular complexity index is 826. The number of carbonyl (C=O) groups excluding carboxylic acids is 1. The van der Waals surface area contributed by atoms with E-state index in [9.17, 15) is 4.79 Å². The van der Waals surface area contributed by atoms with Gasteiger partial charge in [0, 0.05) is 24.9 Å². The molecule has 3 rings (SSSR count). The van der Waals surface area contributed by atoms with Crippen molar-refractivity contribution < 1.29 is 14.3 Å². The van der Waals surface area contributed by atoms with E-state index >= 15 is 0 Å². The van der Waals surface area contributed by atoms with Crippen LogP contribution in [0.1, 0.15) is 56.7 Å². The Morgan fingerprint density at radius 2 is 2.00 bits per heavy atom. The summed E-state index contributed by atoms with van der Waals surface area (Å²) >= 11 is 0. The van der Waals surface area contributed by atoms with E-state index in [0.29, 0.717) is 12.3 Å². The molecule has 2 N–H and O–H groups in total. The topological polar surface area (TPSA) is 74.4 Å². The number of anilines is 1. The lowest BCUT2D eigenvalue weighted by molar-refractivity contribution is -0.123. The van der Waals surface area contributed by atoms with Gasteiger partial charge in [-0.25, -0.2) is 0 Å². The fourth-order valence-electron chi connectivity index (χ4n) is 4.34. The molecule has 0 atom stereocenters. The molecule has 1 aromatic heterocycles. The number of rotatable bonds is 8. The predicted octanol–water partition coefficient (Wildman–Crippen LogP) is 4.62. The first-order valence-corrected chi connectivity index (χ1v) is 10.4. The summed E-state index contributed by atoms with van der Waals surface area (Å²) in [7, 11) is 1.57. The Labute approximate surface area is 167 Å². The van der Waals surface area contributed by atoms with Gasteiger partial charge in [-0.3, -0.25) is 9.78 Å². The standard InChI is InChI=1S/C23H32N2O3/c1-4-19-15(2)25-20-6-5-7-21(22(20)23(19)24)28-18-12-9-16(10-13-18)8-11-17(26)14-27-3/h5-7,16,18H,4,8-14H2,1-3H3,(H2,24,25). The number of hydrogen-bond acceptors (Lipinski definition) is 5. The number of nitrogen functional groups attached to an aromatic ring is 1. The van der Waals surface area contributed by atoms with Crippen LogP contribution >= 0.6 is 0 Å². The van der Waals surface area contributed by atoms with Gasteiger partial charge in [-0.1, -0.05) is 13.0 Å². The van der Waals surface area contributed by atoms with Crippen molar-refractivity contribution in [3.8, 4) is 5.75 Å². The van der Waals surface area contributed by atoms with Crippen LogP contribution in [0.3, 0.4) is 0 Å². The second-order valence-corrected chi connectivity index (χ2v) is 7.86. The smallest absolute Gasteiger partial charge is 0.158 e. The van der Waals surface area contributed by atoms with Crippen molar-refractivity contribution in [1.82, 2.24) is 4.98 Å². The zero-order valence-corrected chi connectivity index (χ0v) is 17.3. The maximum atomic E-state index is 11.7. The van der Waals surface area contributed by atoms with Crippen LogP contribution < -0.4 is 10.5 Å². The number of aryl methyl sites for hydroxylation is 1. The summed E-state index contributed by atoms with van der Waals surface area (Å²) in [6.07, 6.45) is 6.86. The lowest BCUT2D eigenvalue weighted by Gasteiger charge is -2.29. The van der Waals surface area contributed by atoms with Crippen molar-refractivity contribution in [2.24, 2.45) is 5.92 Å². The van der Waals surface area contributed by atoms with Crippen LogP contribution in [-0.2, 0) is 16.0 Å². The van der Waals surface area contributed by atoms with Gasteiger partial charge in [0.2, 0.25) is 0 Å². The first-order chi connectivity index (χ1) is 13.5.